The molecule has 1 saturated heterocycles. The number of hydrogen-bond acceptors (Lipinski definition) is 4. The van der Waals surface area contributed by atoms with Gasteiger partial charge >= 0.3 is 0 Å². The molecule has 1 aliphatic rings. The Morgan fingerprint density at radius 3 is 3.00 bits per heavy atom. The minimum atomic E-state index is 0.296. The summed E-state index contributed by atoms with van der Waals surface area (Å²) in [7, 11) is 4.16. The quantitative estimate of drug-likeness (QED) is 0.839. The monoisotopic (exact) mass is 252 g/mol. The molecule has 0 radical (unpaired) electrons. The van der Waals surface area contributed by atoms with Crippen LogP contribution < -0.4 is 5.32 Å². The molecule has 2 rings (SSSR count). The number of nitrogens with one attached hydrogen (secondary N) is 1. The van der Waals surface area contributed by atoms with Crippen molar-refractivity contribution in [3.8, 4) is 0 Å². The minimum absolute atomic E-state index is 0.296. The molecule has 1 aliphatic heterocycles. The third-order valence-electron chi connectivity index (χ3n) is 3.52. The lowest BCUT2D eigenvalue weighted by atomic mass is 10.0. The van der Waals surface area contributed by atoms with Gasteiger partial charge in [0.25, 0.3) is 0 Å². The predicted octanol–water partition coefficient (Wildman–Crippen LogP) is 1.90. The smallest absolute Gasteiger partial charge is 0.122 e. The van der Waals surface area contributed by atoms with Crippen LogP contribution in [0.1, 0.15) is 24.6 Å². The van der Waals surface area contributed by atoms with E-state index in [2.05, 4.69) is 24.3 Å². The molecule has 4 nitrogen and oxygen atoms in total. The van der Waals surface area contributed by atoms with E-state index in [0.29, 0.717) is 12.0 Å². The van der Waals surface area contributed by atoms with Gasteiger partial charge < -0.3 is 14.5 Å². The number of nitrogens with zero attached hydrogens (tertiary/aromatic N) is 1. The van der Waals surface area contributed by atoms with E-state index in [1.165, 1.54) is 12.8 Å². The Kier molecular flexibility index (Phi) is 5.23. The summed E-state index contributed by atoms with van der Waals surface area (Å²) < 4.78 is 11.0. The summed E-state index contributed by atoms with van der Waals surface area (Å²) in [6.07, 6.45) is 4.21. The van der Waals surface area contributed by atoms with E-state index in [0.717, 1.165) is 32.1 Å². The van der Waals surface area contributed by atoms with Crippen molar-refractivity contribution in [1.29, 1.82) is 0 Å². The lowest BCUT2D eigenvalue weighted by molar-refractivity contribution is 0.0541. The van der Waals surface area contributed by atoms with Gasteiger partial charge in [-0.05, 0) is 45.0 Å². The van der Waals surface area contributed by atoms with E-state index < -0.39 is 0 Å². The van der Waals surface area contributed by atoms with Crippen molar-refractivity contribution in [1.82, 2.24) is 10.2 Å². The summed E-state index contributed by atoms with van der Waals surface area (Å²) in [6.45, 7) is 3.78. The van der Waals surface area contributed by atoms with Gasteiger partial charge in [0, 0.05) is 19.7 Å². The van der Waals surface area contributed by atoms with Crippen LogP contribution in [-0.2, 0) is 4.74 Å². The first kappa shape index (κ1) is 13.6. The largest absolute Gasteiger partial charge is 0.468 e. The topological polar surface area (TPSA) is 37.6 Å². The maximum atomic E-state index is 5.49. The SMILES string of the molecule is CN(C)C(CNCC1CCCOC1)c1ccco1. The predicted molar refractivity (Wildman–Crippen MR) is 71.5 cm³/mol. The number of rotatable bonds is 6. The van der Waals surface area contributed by atoms with Crippen LogP contribution in [0, 0.1) is 5.92 Å². The fraction of sp³-hybridized carbons (Fsp3) is 0.714. The van der Waals surface area contributed by atoms with Gasteiger partial charge in [-0.3, -0.25) is 4.90 Å². The molecule has 102 valence electrons. The third kappa shape index (κ3) is 3.83. The average molecular weight is 252 g/mol. The molecule has 1 aromatic heterocycles. The molecule has 2 atom stereocenters. The van der Waals surface area contributed by atoms with Gasteiger partial charge in [-0.25, -0.2) is 0 Å². The van der Waals surface area contributed by atoms with E-state index in [1.807, 2.05) is 12.1 Å². The highest BCUT2D eigenvalue weighted by Crippen LogP contribution is 2.18. The first-order chi connectivity index (χ1) is 8.77. The first-order valence-electron chi connectivity index (χ1n) is 6.75. The van der Waals surface area contributed by atoms with Gasteiger partial charge in [-0.1, -0.05) is 0 Å². The minimum Gasteiger partial charge on any atom is -0.468 e. The summed E-state index contributed by atoms with van der Waals surface area (Å²) >= 11 is 0. The van der Waals surface area contributed by atoms with Crippen molar-refractivity contribution >= 4 is 0 Å². The van der Waals surface area contributed by atoms with Gasteiger partial charge in [0.05, 0.1) is 18.9 Å². The highest BCUT2D eigenvalue weighted by Gasteiger charge is 2.18. The summed E-state index contributed by atoms with van der Waals surface area (Å²) in [6, 6.07) is 4.28. The van der Waals surface area contributed by atoms with Crippen LogP contribution in [0.15, 0.2) is 22.8 Å². The van der Waals surface area contributed by atoms with E-state index >= 15 is 0 Å². The van der Waals surface area contributed by atoms with E-state index in [1.54, 1.807) is 6.26 Å². The van der Waals surface area contributed by atoms with E-state index in [-0.39, 0.29) is 0 Å². The lowest BCUT2D eigenvalue weighted by Gasteiger charge is -2.26. The molecule has 0 saturated carbocycles. The molecule has 18 heavy (non-hydrogen) atoms. The van der Waals surface area contributed by atoms with Crippen molar-refractivity contribution < 1.29 is 9.15 Å². The van der Waals surface area contributed by atoms with Crippen molar-refractivity contribution in [2.75, 3.05) is 40.4 Å². The van der Waals surface area contributed by atoms with Crippen LogP contribution in [0.25, 0.3) is 0 Å². The Morgan fingerprint density at radius 1 is 1.50 bits per heavy atom. The number of hydrogen-bond donors (Lipinski definition) is 1. The first-order valence-corrected chi connectivity index (χ1v) is 6.75. The molecule has 1 fully saturated rings. The van der Waals surface area contributed by atoms with E-state index in [9.17, 15) is 0 Å². The van der Waals surface area contributed by atoms with Crippen molar-refractivity contribution in [3.63, 3.8) is 0 Å². The van der Waals surface area contributed by atoms with Crippen LogP contribution in [0.5, 0.6) is 0 Å². The van der Waals surface area contributed by atoms with Crippen LogP contribution in [0.2, 0.25) is 0 Å². The second-order valence-electron chi connectivity index (χ2n) is 5.24. The van der Waals surface area contributed by atoms with Gasteiger partial charge in [0.15, 0.2) is 0 Å². The molecular formula is C14H24N2O2. The zero-order valence-electron chi connectivity index (χ0n) is 11.4. The second-order valence-corrected chi connectivity index (χ2v) is 5.24. The maximum Gasteiger partial charge on any atom is 0.122 e. The Bertz CT molecular complexity index is 319. The standard InChI is InChI=1S/C14H24N2O2/c1-16(2)13(14-6-4-8-18-14)10-15-9-12-5-3-7-17-11-12/h4,6,8,12-13,15H,3,5,7,9-11H2,1-2H3. The number of furan rings is 1. The lowest BCUT2D eigenvalue weighted by Crippen LogP contribution is -2.35. The third-order valence-corrected chi connectivity index (χ3v) is 3.52. The summed E-state index contributed by atoms with van der Waals surface area (Å²) in [5.74, 6) is 1.69. The Labute approximate surface area is 109 Å². The second kappa shape index (κ2) is 6.92. The van der Waals surface area contributed by atoms with Gasteiger partial charge in [0.2, 0.25) is 0 Å². The summed E-state index contributed by atoms with van der Waals surface area (Å²) in [5.41, 5.74) is 0. The normalized spacial score (nSPS) is 22.3. The van der Waals surface area contributed by atoms with E-state index in [4.69, 9.17) is 9.15 Å². The highest BCUT2D eigenvalue weighted by molar-refractivity contribution is 5.04. The molecule has 0 aromatic carbocycles. The molecule has 4 heteroatoms. The van der Waals surface area contributed by atoms with Crippen molar-refractivity contribution in [3.05, 3.63) is 24.2 Å². The van der Waals surface area contributed by atoms with Gasteiger partial charge in [0.1, 0.15) is 5.76 Å². The summed E-state index contributed by atoms with van der Waals surface area (Å²) in [4.78, 5) is 2.18. The van der Waals surface area contributed by atoms with Crippen LogP contribution in [0.3, 0.4) is 0 Å². The molecule has 0 spiro atoms. The zero-order chi connectivity index (χ0) is 12.8. The molecule has 0 aliphatic carbocycles. The van der Waals surface area contributed by atoms with Gasteiger partial charge in [-0.2, -0.15) is 0 Å². The maximum absolute atomic E-state index is 5.49. The number of likely N-dealkylation sites (N-methyl/N-ethyl adjacent to an activating group) is 1. The molecule has 2 heterocycles. The van der Waals surface area contributed by atoms with Crippen LogP contribution in [-0.4, -0.2) is 45.3 Å². The molecular weight excluding hydrogens is 228 g/mol. The molecule has 0 bridgehead atoms. The fourth-order valence-corrected chi connectivity index (χ4v) is 2.41. The van der Waals surface area contributed by atoms with Crippen molar-refractivity contribution in [2.45, 2.75) is 18.9 Å². The molecule has 0 amide bonds. The summed E-state index contributed by atoms with van der Waals surface area (Å²) in [5, 5.41) is 3.54. The number of ether oxygens (including phenoxy) is 1. The molecule has 1 aromatic rings. The Morgan fingerprint density at radius 2 is 2.39 bits per heavy atom. The molecule has 2 unspecified atom stereocenters. The van der Waals surface area contributed by atoms with Crippen LogP contribution in [0.4, 0.5) is 0 Å². The molecule has 1 N–H and O–H groups in total. The van der Waals surface area contributed by atoms with Crippen molar-refractivity contribution in [2.24, 2.45) is 5.92 Å². The zero-order valence-corrected chi connectivity index (χ0v) is 11.4. The Hall–Kier alpha value is -0.840. The highest BCUT2D eigenvalue weighted by atomic mass is 16.5. The fourth-order valence-electron chi connectivity index (χ4n) is 2.41. The van der Waals surface area contributed by atoms with Crippen LogP contribution >= 0.6 is 0 Å². The average Bonchev–Trinajstić information content (AvgIpc) is 2.89. The Balaban J connectivity index is 1.76. The van der Waals surface area contributed by atoms with Gasteiger partial charge in [-0.15, -0.1) is 0 Å².